The van der Waals surface area contributed by atoms with Crippen LogP contribution in [0.4, 0.5) is 0 Å². The minimum absolute atomic E-state index is 0.0326. The number of ether oxygens (including phenoxy) is 1. The molecular formula is C20H17BrN2O2S. The Morgan fingerprint density at radius 2 is 2.12 bits per heavy atom. The number of fused-ring (bicyclic) bond motifs is 3. The molecule has 0 radical (unpaired) electrons. The first kappa shape index (κ1) is 17.2. The first-order chi connectivity index (χ1) is 12.6. The van der Waals surface area contributed by atoms with Crippen molar-refractivity contribution in [2.75, 3.05) is 0 Å². The number of halogens is 1. The zero-order valence-electron chi connectivity index (χ0n) is 14.4. The van der Waals surface area contributed by atoms with E-state index in [2.05, 4.69) is 27.8 Å². The lowest BCUT2D eigenvalue weighted by Crippen LogP contribution is -2.22. The van der Waals surface area contributed by atoms with Crippen molar-refractivity contribution in [1.82, 2.24) is 9.38 Å². The minimum atomic E-state index is -0.0326. The summed E-state index contributed by atoms with van der Waals surface area (Å²) in [6.07, 6.45) is 3.00. The van der Waals surface area contributed by atoms with Gasteiger partial charge in [-0.3, -0.25) is 4.79 Å². The van der Waals surface area contributed by atoms with Crippen LogP contribution in [0.25, 0.3) is 22.1 Å². The molecule has 0 fully saturated rings. The molecule has 2 aromatic heterocycles. The topological polar surface area (TPSA) is 43.6 Å². The van der Waals surface area contributed by atoms with E-state index in [1.54, 1.807) is 4.40 Å². The molecule has 1 atom stereocenters. The number of aromatic nitrogens is 2. The van der Waals surface area contributed by atoms with E-state index in [0.29, 0.717) is 4.53 Å². The smallest absolute Gasteiger partial charge is 0.274 e. The second kappa shape index (κ2) is 6.85. The van der Waals surface area contributed by atoms with Gasteiger partial charge in [-0.25, -0.2) is 9.38 Å². The van der Waals surface area contributed by atoms with Crippen molar-refractivity contribution in [2.24, 2.45) is 0 Å². The number of hydrogen-bond acceptors (Lipinski definition) is 4. The molecule has 0 saturated heterocycles. The van der Waals surface area contributed by atoms with E-state index in [9.17, 15) is 4.79 Å². The van der Waals surface area contributed by atoms with Crippen molar-refractivity contribution < 1.29 is 4.74 Å². The van der Waals surface area contributed by atoms with Crippen LogP contribution >= 0.6 is 27.3 Å². The number of rotatable bonds is 4. The second-order valence-corrected chi connectivity index (χ2v) is 8.02. The van der Waals surface area contributed by atoms with Crippen molar-refractivity contribution in [2.45, 2.75) is 26.4 Å². The molecule has 4 rings (SSSR count). The number of hydrogen-bond donors (Lipinski definition) is 0. The highest BCUT2D eigenvalue weighted by molar-refractivity contribution is 9.10. The fourth-order valence-corrected chi connectivity index (χ4v) is 4.24. The van der Waals surface area contributed by atoms with E-state index in [1.165, 1.54) is 11.3 Å². The first-order valence-corrected chi connectivity index (χ1v) is 10.1. The van der Waals surface area contributed by atoms with Crippen LogP contribution < -0.4 is 14.8 Å². The van der Waals surface area contributed by atoms with Gasteiger partial charge in [-0.1, -0.05) is 36.5 Å². The van der Waals surface area contributed by atoms with Gasteiger partial charge in [0.2, 0.25) is 0 Å². The predicted octanol–water partition coefficient (Wildman–Crippen LogP) is 4.40. The van der Waals surface area contributed by atoms with Crippen molar-refractivity contribution in [3.63, 3.8) is 0 Å². The first-order valence-electron chi connectivity index (χ1n) is 8.44. The van der Waals surface area contributed by atoms with Crippen LogP contribution in [0.15, 0.2) is 51.7 Å². The standard InChI is InChI=1S/C20H17BrN2O2S/c1-3-12(2)25-17-9-8-13(10-14(17)21)11-18-19(24)23-16-7-5-4-6-15(16)22-20(23)26-18/h4-12H,3H2,1-2H3. The molecule has 0 saturated carbocycles. The van der Waals surface area contributed by atoms with Gasteiger partial charge in [-0.05, 0) is 65.2 Å². The zero-order valence-corrected chi connectivity index (χ0v) is 16.8. The highest BCUT2D eigenvalue weighted by atomic mass is 79.9. The van der Waals surface area contributed by atoms with E-state index in [1.807, 2.05) is 55.5 Å². The third-order valence-corrected chi connectivity index (χ3v) is 5.89. The van der Waals surface area contributed by atoms with Crippen LogP contribution in [0.3, 0.4) is 0 Å². The molecule has 0 bridgehead atoms. The second-order valence-electron chi connectivity index (χ2n) is 6.16. The Bertz CT molecular complexity index is 1210. The van der Waals surface area contributed by atoms with Crippen LogP contribution in [-0.4, -0.2) is 15.5 Å². The lowest BCUT2D eigenvalue weighted by molar-refractivity contribution is 0.216. The van der Waals surface area contributed by atoms with E-state index in [-0.39, 0.29) is 11.7 Å². The largest absolute Gasteiger partial charge is 0.490 e. The highest BCUT2D eigenvalue weighted by Crippen LogP contribution is 2.27. The van der Waals surface area contributed by atoms with Crippen molar-refractivity contribution in [3.05, 3.63) is 67.4 Å². The summed E-state index contributed by atoms with van der Waals surface area (Å²) >= 11 is 4.97. The molecule has 0 spiro atoms. The summed E-state index contributed by atoms with van der Waals surface area (Å²) in [5, 5.41) is 0. The minimum Gasteiger partial charge on any atom is -0.490 e. The van der Waals surface area contributed by atoms with Gasteiger partial charge >= 0.3 is 0 Å². The van der Waals surface area contributed by atoms with Gasteiger partial charge in [0.25, 0.3) is 5.56 Å². The van der Waals surface area contributed by atoms with Gasteiger partial charge in [-0.15, -0.1) is 0 Å². The summed E-state index contributed by atoms with van der Waals surface area (Å²) in [7, 11) is 0. The normalized spacial score (nSPS) is 13.6. The molecule has 0 aliphatic carbocycles. The third kappa shape index (κ3) is 3.04. The van der Waals surface area contributed by atoms with Crippen LogP contribution in [0.5, 0.6) is 5.75 Å². The van der Waals surface area contributed by atoms with E-state index in [0.717, 1.165) is 38.2 Å². The Kier molecular flexibility index (Phi) is 4.54. The van der Waals surface area contributed by atoms with Crippen LogP contribution in [0, 0.1) is 0 Å². The maximum absolute atomic E-state index is 12.8. The molecule has 2 heterocycles. The molecule has 1 unspecified atom stereocenters. The average molecular weight is 429 g/mol. The van der Waals surface area contributed by atoms with Crippen LogP contribution in [-0.2, 0) is 0 Å². The Hall–Kier alpha value is -2.18. The Morgan fingerprint density at radius 3 is 2.88 bits per heavy atom. The quantitative estimate of drug-likeness (QED) is 0.483. The fourth-order valence-electron chi connectivity index (χ4n) is 2.77. The number of para-hydroxylation sites is 2. The summed E-state index contributed by atoms with van der Waals surface area (Å²) in [6, 6.07) is 13.6. The molecule has 26 heavy (non-hydrogen) atoms. The van der Waals surface area contributed by atoms with Gasteiger partial charge < -0.3 is 4.74 Å². The number of thiazole rings is 1. The predicted molar refractivity (Wildman–Crippen MR) is 110 cm³/mol. The molecule has 0 aliphatic heterocycles. The van der Waals surface area contributed by atoms with Crippen molar-refractivity contribution in [3.8, 4) is 5.75 Å². The van der Waals surface area contributed by atoms with E-state index in [4.69, 9.17) is 4.74 Å². The van der Waals surface area contributed by atoms with Gasteiger partial charge in [-0.2, -0.15) is 0 Å². The summed E-state index contributed by atoms with van der Waals surface area (Å²) < 4.78 is 9.10. The zero-order chi connectivity index (χ0) is 18.3. The Balaban J connectivity index is 1.78. The lowest BCUT2D eigenvalue weighted by atomic mass is 10.2. The Labute approximate surface area is 162 Å². The summed E-state index contributed by atoms with van der Waals surface area (Å²) in [4.78, 5) is 18.1. The monoisotopic (exact) mass is 428 g/mol. The molecule has 4 aromatic rings. The highest BCUT2D eigenvalue weighted by Gasteiger charge is 2.11. The summed E-state index contributed by atoms with van der Waals surface area (Å²) in [6.45, 7) is 4.13. The van der Waals surface area contributed by atoms with E-state index < -0.39 is 0 Å². The van der Waals surface area contributed by atoms with E-state index >= 15 is 0 Å². The van der Waals surface area contributed by atoms with Gasteiger partial charge in [0, 0.05) is 0 Å². The molecular weight excluding hydrogens is 412 g/mol. The Morgan fingerprint density at radius 1 is 1.31 bits per heavy atom. The SMILES string of the molecule is CCC(C)Oc1ccc(C=c2sc3nc4ccccc4n3c2=O)cc1Br. The molecule has 6 heteroatoms. The lowest BCUT2D eigenvalue weighted by Gasteiger charge is -2.14. The number of benzene rings is 2. The average Bonchev–Trinajstić information content (AvgIpc) is 3.14. The van der Waals surface area contributed by atoms with Crippen LogP contribution in [0.1, 0.15) is 25.8 Å². The summed E-state index contributed by atoms with van der Waals surface area (Å²) in [5.74, 6) is 0.811. The van der Waals surface area contributed by atoms with Gasteiger partial charge in [0.15, 0.2) is 4.96 Å². The number of nitrogens with zero attached hydrogens (tertiary/aromatic N) is 2. The molecule has 0 amide bonds. The number of imidazole rings is 1. The summed E-state index contributed by atoms with van der Waals surface area (Å²) in [5.41, 5.74) is 2.60. The molecule has 2 aromatic carbocycles. The molecule has 0 aliphatic rings. The van der Waals surface area contributed by atoms with Crippen molar-refractivity contribution in [1.29, 1.82) is 0 Å². The van der Waals surface area contributed by atoms with Crippen molar-refractivity contribution >= 4 is 49.3 Å². The molecule has 0 N–H and O–H groups in total. The maximum Gasteiger partial charge on any atom is 0.274 e. The fraction of sp³-hybridized carbons (Fsp3) is 0.200. The third-order valence-electron chi connectivity index (χ3n) is 4.30. The van der Waals surface area contributed by atoms with Crippen LogP contribution in [0.2, 0.25) is 0 Å². The molecule has 4 nitrogen and oxygen atoms in total. The molecule has 132 valence electrons. The van der Waals surface area contributed by atoms with Gasteiger partial charge in [0.1, 0.15) is 5.75 Å². The van der Waals surface area contributed by atoms with Gasteiger partial charge in [0.05, 0.1) is 26.1 Å². The maximum atomic E-state index is 12.8.